The molecule has 0 bridgehead atoms. The van der Waals surface area contributed by atoms with Gasteiger partial charge in [-0.3, -0.25) is 14.4 Å². The van der Waals surface area contributed by atoms with Crippen molar-refractivity contribution in [1.82, 2.24) is 0 Å². The Balaban J connectivity index is 2.20. The zero-order chi connectivity index (χ0) is 29.1. The van der Waals surface area contributed by atoms with Crippen LogP contribution >= 0.6 is 0 Å². The molecule has 0 spiro atoms. The summed E-state index contributed by atoms with van der Waals surface area (Å²) in [5.41, 5.74) is -1.43. The van der Waals surface area contributed by atoms with E-state index < -0.39 is 59.1 Å². The van der Waals surface area contributed by atoms with Crippen LogP contribution < -0.4 is 0 Å². The molecule has 212 valence electrons. The molecule has 0 amide bonds. The van der Waals surface area contributed by atoms with E-state index in [-0.39, 0.29) is 24.5 Å². The molecule has 0 saturated heterocycles. The van der Waals surface area contributed by atoms with Gasteiger partial charge in [-0.15, -0.1) is 0 Å². The van der Waals surface area contributed by atoms with Crippen molar-refractivity contribution >= 4 is 23.7 Å². The molecule has 2 aliphatic carbocycles. The summed E-state index contributed by atoms with van der Waals surface area (Å²) < 4.78 is 17.6. The quantitative estimate of drug-likeness (QED) is 0.335. The first kappa shape index (κ1) is 30.3. The summed E-state index contributed by atoms with van der Waals surface area (Å²) in [6.45, 7) is 11.5. The van der Waals surface area contributed by atoms with Crippen LogP contribution in [0.15, 0.2) is 54.1 Å². The van der Waals surface area contributed by atoms with Crippen molar-refractivity contribution in [2.24, 2.45) is 23.2 Å². The third kappa shape index (κ3) is 6.67. The largest absolute Gasteiger partial charge is 0.458 e. The Bertz CT molecular complexity index is 1150. The summed E-state index contributed by atoms with van der Waals surface area (Å²) in [5, 5.41) is 11.8. The Morgan fingerprint density at radius 3 is 2.23 bits per heavy atom. The minimum atomic E-state index is -1.44. The van der Waals surface area contributed by atoms with E-state index in [0.717, 1.165) is 0 Å². The lowest BCUT2D eigenvalue weighted by Crippen LogP contribution is -2.53. The van der Waals surface area contributed by atoms with Gasteiger partial charge >= 0.3 is 17.9 Å². The van der Waals surface area contributed by atoms with E-state index in [1.54, 1.807) is 76.3 Å². The highest BCUT2D eigenvalue weighted by Crippen LogP contribution is 2.50. The van der Waals surface area contributed by atoms with Crippen LogP contribution in [0, 0.1) is 23.2 Å². The topological polar surface area (TPSA) is 116 Å². The Hall–Kier alpha value is -3.26. The summed E-state index contributed by atoms with van der Waals surface area (Å²) in [4.78, 5) is 50.9. The van der Waals surface area contributed by atoms with E-state index in [2.05, 4.69) is 0 Å². The molecule has 8 nitrogen and oxygen atoms in total. The van der Waals surface area contributed by atoms with Gasteiger partial charge in [-0.1, -0.05) is 50.3 Å². The van der Waals surface area contributed by atoms with E-state index in [4.69, 9.17) is 14.2 Å². The Kier molecular flexibility index (Phi) is 9.21. The molecular formula is C31H40O8. The van der Waals surface area contributed by atoms with Crippen LogP contribution in [0.1, 0.15) is 71.7 Å². The van der Waals surface area contributed by atoms with Gasteiger partial charge in [0.05, 0.1) is 11.5 Å². The molecule has 0 heterocycles. The first-order valence-electron chi connectivity index (χ1n) is 13.4. The molecule has 0 unspecified atom stereocenters. The molecular weight excluding hydrogens is 500 g/mol. The van der Waals surface area contributed by atoms with Crippen LogP contribution in [-0.4, -0.2) is 52.7 Å². The second kappa shape index (κ2) is 11.9. The number of Topliss-reactive ketones (excluding diaryl/α,β-unsaturated/α-hetero) is 1. The zero-order valence-electron chi connectivity index (χ0n) is 23.8. The lowest BCUT2D eigenvalue weighted by Gasteiger charge is -2.41. The Labute approximate surface area is 230 Å². The second-order valence-corrected chi connectivity index (χ2v) is 11.5. The van der Waals surface area contributed by atoms with Gasteiger partial charge in [0.25, 0.3) is 0 Å². The highest BCUT2D eigenvalue weighted by atomic mass is 16.6. The van der Waals surface area contributed by atoms with Crippen LogP contribution in [0.3, 0.4) is 0 Å². The average Bonchev–Trinajstić information content (AvgIpc) is 3.11. The number of ether oxygens (including phenoxy) is 3. The molecule has 1 aromatic carbocycles. The maximum Gasteiger partial charge on any atom is 0.338 e. The standard InChI is InChI=1S/C31H40O8/c1-18-13-14-30(6,7)26(34)16-25(37-21(4)32)19(2)15-24-27(38-29(36)23-11-9-8-10-12-23)20(3)17-31(24,28(18)35)39-22(5)33/h8-15,18,20,24-25,27-28,35H,16-17H2,1-7H3/b14-13-,19-15+/t18-,20-,24+,25-,27-,28+,31+/m1/s1. The number of carbonyl (C=O) groups excluding carboxylic acids is 4. The minimum absolute atomic E-state index is 0.0620. The van der Waals surface area contributed by atoms with Crippen molar-refractivity contribution in [2.75, 3.05) is 0 Å². The normalized spacial score (nSPS) is 34.8. The lowest BCUT2D eigenvalue weighted by molar-refractivity contribution is -0.181. The maximum atomic E-state index is 13.3. The molecule has 1 N–H and O–H groups in total. The summed E-state index contributed by atoms with van der Waals surface area (Å²) in [6.07, 6.45) is 2.55. The zero-order valence-corrected chi connectivity index (χ0v) is 23.8. The summed E-state index contributed by atoms with van der Waals surface area (Å²) in [6, 6.07) is 8.56. The summed E-state index contributed by atoms with van der Waals surface area (Å²) in [7, 11) is 0. The smallest absolute Gasteiger partial charge is 0.338 e. The predicted molar refractivity (Wildman–Crippen MR) is 144 cm³/mol. The first-order chi connectivity index (χ1) is 18.2. The highest BCUT2D eigenvalue weighted by molar-refractivity contribution is 5.89. The molecule has 1 fully saturated rings. The van der Waals surface area contributed by atoms with Crippen molar-refractivity contribution in [2.45, 2.75) is 85.2 Å². The van der Waals surface area contributed by atoms with E-state index in [0.29, 0.717) is 11.1 Å². The average molecular weight is 541 g/mol. The van der Waals surface area contributed by atoms with Gasteiger partial charge < -0.3 is 19.3 Å². The minimum Gasteiger partial charge on any atom is -0.458 e. The molecule has 39 heavy (non-hydrogen) atoms. The molecule has 2 aliphatic rings. The van der Waals surface area contributed by atoms with Gasteiger partial charge in [0.2, 0.25) is 0 Å². The van der Waals surface area contributed by atoms with Gasteiger partial charge in [0, 0.05) is 31.6 Å². The number of aliphatic hydroxyl groups excluding tert-OH is 1. The molecule has 1 saturated carbocycles. The number of hydrogen-bond donors (Lipinski definition) is 1. The highest BCUT2D eigenvalue weighted by Gasteiger charge is 2.60. The third-order valence-electron chi connectivity index (χ3n) is 7.87. The number of carbonyl (C=O) groups is 4. The number of ketones is 1. The molecule has 0 aromatic heterocycles. The number of aliphatic hydroxyl groups is 1. The van der Waals surface area contributed by atoms with Crippen LogP contribution in [0.5, 0.6) is 0 Å². The molecule has 1 aromatic rings. The number of allylic oxidation sites excluding steroid dienone is 1. The fourth-order valence-corrected chi connectivity index (χ4v) is 5.69. The second-order valence-electron chi connectivity index (χ2n) is 11.5. The first-order valence-corrected chi connectivity index (χ1v) is 13.4. The van der Waals surface area contributed by atoms with Crippen LogP contribution in [0.2, 0.25) is 0 Å². The van der Waals surface area contributed by atoms with Crippen molar-refractivity contribution < 1.29 is 38.5 Å². The van der Waals surface area contributed by atoms with Gasteiger partial charge in [0.15, 0.2) is 0 Å². The van der Waals surface area contributed by atoms with Gasteiger partial charge in [0.1, 0.15) is 29.7 Å². The molecule has 0 radical (unpaired) electrons. The molecule has 3 rings (SSSR count). The summed E-state index contributed by atoms with van der Waals surface area (Å²) >= 11 is 0. The predicted octanol–water partition coefficient (Wildman–Crippen LogP) is 4.60. The lowest BCUT2D eigenvalue weighted by atomic mass is 9.75. The third-order valence-corrected chi connectivity index (χ3v) is 7.87. The molecule has 8 heteroatoms. The van der Waals surface area contributed by atoms with E-state index in [1.165, 1.54) is 13.8 Å². The Morgan fingerprint density at radius 2 is 1.64 bits per heavy atom. The fraction of sp³-hybridized carbons (Fsp3) is 0.548. The van der Waals surface area contributed by atoms with Gasteiger partial charge in [-0.25, -0.2) is 4.79 Å². The van der Waals surface area contributed by atoms with Gasteiger partial charge in [-0.2, -0.15) is 0 Å². The number of benzene rings is 1. The summed E-state index contributed by atoms with van der Waals surface area (Å²) in [5.74, 6) is -3.40. The van der Waals surface area contributed by atoms with Crippen molar-refractivity contribution in [3.63, 3.8) is 0 Å². The van der Waals surface area contributed by atoms with Gasteiger partial charge in [-0.05, 0) is 50.8 Å². The molecule has 0 aliphatic heterocycles. The molecule has 7 atom stereocenters. The Morgan fingerprint density at radius 1 is 1.00 bits per heavy atom. The van der Waals surface area contributed by atoms with E-state index in [9.17, 15) is 24.3 Å². The number of fused-ring (bicyclic) bond motifs is 1. The van der Waals surface area contributed by atoms with E-state index >= 15 is 0 Å². The van der Waals surface area contributed by atoms with E-state index in [1.807, 2.05) is 6.92 Å². The van der Waals surface area contributed by atoms with Crippen LogP contribution in [-0.2, 0) is 28.6 Å². The monoisotopic (exact) mass is 540 g/mol. The number of esters is 3. The fourth-order valence-electron chi connectivity index (χ4n) is 5.69. The number of rotatable bonds is 4. The van der Waals surface area contributed by atoms with Crippen molar-refractivity contribution in [3.05, 3.63) is 59.7 Å². The SMILES string of the molecule is CC(=O)O[C@@H]1CC(=O)C(C)(C)/C=C\[C@@H](C)[C@H](O)[C@]2(OC(C)=O)C[C@@H](C)[C@@H](OC(=O)c3ccccc3)[C@@H]2/C=C/1C. The number of hydrogen-bond acceptors (Lipinski definition) is 8. The maximum absolute atomic E-state index is 13.3. The van der Waals surface area contributed by atoms with Crippen LogP contribution in [0.4, 0.5) is 0 Å². The van der Waals surface area contributed by atoms with Crippen molar-refractivity contribution in [1.29, 1.82) is 0 Å². The van der Waals surface area contributed by atoms with Crippen LogP contribution in [0.25, 0.3) is 0 Å². The van der Waals surface area contributed by atoms with Crippen molar-refractivity contribution in [3.8, 4) is 0 Å².